The zero-order valence-electron chi connectivity index (χ0n) is 11.0. The molecule has 1 saturated carbocycles. The number of hydrogen-bond donors (Lipinski definition) is 1. The van der Waals surface area contributed by atoms with Crippen molar-refractivity contribution in [1.82, 2.24) is 4.90 Å². The van der Waals surface area contributed by atoms with E-state index in [1.54, 1.807) is 0 Å². The van der Waals surface area contributed by atoms with E-state index >= 15 is 0 Å². The van der Waals surface area contributed by atoms with Gasteiger partial charge in [-0.25, -0.2) is 0 Å². The van der Waals surface area contributed by atoms with E-state index in [4.69, 9.17) is 5.73 Å². The smallest absolute Gasteiger partial charge is 0.0316 e. The highest BCUT2D eigenvalue weighted by Gasteiger charge is 2.32. The van der Waals surface area contributed by atoms with Gasteiger partial charge in [-0.3, -0.25) is 0 Å². The van der Waals surface area contributed by atoms with Gasteiger partial charge in [0.05, 0.1) is 0 Å². The fourth-order valence-corrected chi connectivity index (χ4v) is 2.45. The van der Waals surface area contributed by atoms with Gasteiger partial charge in [-0.15, -0.1) is 0 Å². The van der Waals surface area contributed by atoms with Crippen LogP contribution in [0.4, 0.5) is 5.69 Å². The Morgan fingerprint density at radius 3 is 2.82 bits per heavy atom. The van der Waals surface area contributed by atoms with E-state index in [-0.39, 0.29) is 0 Å². The minimum atomic E-state index is 0.877. The molecule has 1 aliphatic carbocycles. The summed E-state index contributed by atoms with van der Waals surface area (Å²) in [6, 6.07) is 8.24. The third kappa shape index (κ3) is 4.04. The molecule has 0 aliphatic heterocycles. The lowest BCUT2D eigenvalue weighted by Gasteiger charge is -2.16. The summed E-state index contributed by atoms with van der Waals surface area (Å²) in [6.07, 6.45) is 3.79. The highest BCUT2D eigenvalue weighted by Crippen LogP contribution is 2.37. The second-order valence-corrected chi connectivity index (χ2v) is 5.58. The SMILES string of the molecule is CC1CC1CN(C)CCCc1cccc(N)c1. The molecule has 2 N–H and O–H groups in total. The molecule has 17 heavy (non-hydrogen) atoms. The fourth-order valence-electron chi connectivity index (χ4n) is 2.45. The van der Waals surface area contributed by atoms with Crippen LogP contribution < -0.4 is 5.73 Å². The minimum Gasteiger partial charge on any atom is -0.399 e. The molecule has 0 aromatic heterocycles. The monoisotopic (exact) mass is 232 g/mol. The predicted molar refractivity (Wildman–Crippen MR) is 73.9 cm³/mol. The summed E-state index contributed by atoms with van der Waals surface area (Å²) < 4.78 is 0. The zero-order valence-corrected chi connectivity index (χ0v) is 11.0. The number of nitrogens with zero attached hydrogens (tertiary/aromatic N) is 1. The summed E-state index contributed by atoms with van der Waals surface area (Å²) in [6.45, 7) is 4.82. The lowest BCUT2D eigenvalue weighted by atomic mass is 10.1. The standard InChI is InChI=1S/C15H24N2/c1-12-9-14(12)11-17(2)8-4-6-13-5-3-7-15(16)10-13/h3,5,7,10,12,14H,4,6,8-9,11,16H2,1-2H3. The van der Waals surface area contributed by atoms with E-state index in [0.29, 0.717) is 0 Å². The van der Waals surface area contributed by atoms with Crippen LogP contribution >= 0.6 is 0 Å². The Morgan fingerprint density at radius 2 is 2.18 bits per heavy atom. The molecular formula is C15H24N2. The average molecular weight is 232 g/mol. The molecule has 0 amide bonds. The van der Waals surface area contributed by atoms with Gasteiger partial charge >= 0.3 is 0 Å². The molecule has 2 rings (SSSR count). The van der Waals surface area contributed by atoms with Gasteiger partial charge in [-0.05, 0) is 62.4 Å². The van der Waals surface area contributed by atoms with Crippen LogP contribution in [0.25, 0.3) is 0 Å². The molecule has 2 atom stereocenters. The molecule has 2 heteroatoms. The van der Waals surface area contributed by atoms with Crippen LogP contribution in [0.3, 0.4) is 0 Å². The van der Waals surface area contributed by atoms with Crippen molar-refractivity contribution >= 4 is 5.69 Å². The second-order valence-electron chi connectivity index (χ2n) is 5.58. The number of anilines is 1. The van der Waals surface area contributed by atoms with E-state index < -0.39 is 0 Å². The molecule has 0 radical (unpaired) electrons. The topological polar surface area (TPSA) is 29.3 Å². The zero-order chi connectivity index (χ0) is 12.3. The van der Waals surface area contributed by atoms with Crippen LogP contribution in [0, 0.1) is 11.8 Å². The highest BCUT2D eigenvalue weighted by atomic mass is 15.1. The number of nitrogens with two attached hydrogens (primary N) is 1. The van der Waals surface area contributed by atoms with E-state index in [9.17, 15) is 0 Å². The Morgan fingerprint density at radius 1 is 1.41 bits per heavy atom. The molecule has 1 aliphatic rings. The van der Waals surface area contributed by atoms with Crippen molar-refractivity contribution in [1.29, 1.82) is 0 Å². The van der Waals surface area contributed by atoms with Crippen LogP contribution in [0.5, 0.6) is 0 Å². The summed E-state index contributed by atoms with van der Waals surface area (Å²) in [7, 11) is 2.24. The minimum absolute atomic E-state index is 0.877. The van der Waals surface area contributed by atoms with Crippen LogP contribution in [-0.4, -0.2) is 25.0 Å². The van der Waals surface area contributed by atoms with Crippen LogP contribution in [-0.2, 0) is 6.42 Å². The van der Waals surface area contributed by atoms with Crippen molar-refractivity contribution in [2.75, 3.05) is 25.9 Å². The largest absolute Gasteiger partial charge is 0.399 e. The first kappa shape index (κ1) is 12.4. The summed E-state index contributed by atoms with van der Waals surface area (Å²) in [4.78, 5) is 2.47. The first-order valence-electron chi connectivity index (χ1n) is 6.68. The van der Waals surface area contributed by atoms with Crippen LogP contribution in [0.1, 0.15) is 25.3 Å². The van der Waals surface area contributed by atoms with Crippen LogP contribution in [0.15, 0.2) is 24.3 Å². The van der Waals surface area contributed by atoms with Gasteiger partial charge in [0.15, 0.2) is 0 Å². The molecule has 94 valence electrons. The number of benzene rings is 1. The van der Waals surface area contributed by atoms with Gasteiger partial charge in [0.1, 0.15) is 0 Å². The quantitative estimate of drug-likeness (QED) is 0.764. The maximum atomic E-state index is 5.77. The molecular weight excluding hydrogens is 208 g/mol. The molecule has 0 saturated heterocycles. The Labute approximate surface area is 105 Å². The normalized spacial score (nSPS) is 23.0. The number of nitrogen functional groups attached to an aromatic ring is 1. The van der Waals surface area contributed by atoms with E-state index in [1.807, 2.05) is 12.1 Å². The molecule has 2 unspecified atom stereocenters. The lowest BCUT2D eigenvalue weighted by molar-refractivity contribution is 0.311. The summed E-state index contributed by atoms with van der Waals surface area (Å²) in [5.74, 6) is 1.93. The van der Waals surface area contributed by atoms with Crippen molar-refractivity contribution < 1.29 is 0 Å². The molecule has 1 fully saturated rings. The predicted octanol–water partition coefficient (Wildman–Crippen LogP) is 2.79. The molecule has 0 spiro atoms. The number of rotatable bonds is 6. The van der Waals surface area contributed by atoms with E-state index in [0.717, 1.165) is 23.9 Å². The van der Waals surface area contributed by atoms with Gasteiger partial charge in [0.25, 0.3) is 0 Å². The van der Waals surface area contributed by atoms with Crippen molar-refractivity contribution in [2.45, 2.75) is 26.2 Å². The Bertz CT molecular complexity index is 362. The van der Waals surface area contributed by atoms with Gasteiger partial charge in [-0.1, -0.05) is 19.1 Å². The number of aryl methyl sites for hydroxylation is 1. The Balaban J connectivity index is 1.65. The fraction of sp³-hybridized carbons (Fsp3) is 0.600. The van der Waals surface area contributed by atoms with Crippen molar-refractivity contribution in [2.24, 2.45) is 11.8 Å². The third-order valence-electron chi connectivity index (χ3n) is 3.78. The maximum Gasteiger partial charge on any atom is 0.0316 e. The summed E-state index contributed by atoms with van der Waals surface area (Å²) in [5, 5.41) is 0. The van der Waals surface area contributed by atoms with E-state index in [1.165, 1.54) is 31.5 Å². The average Bonchev–Trinajstić information content (AvgIpc) is 2.94. The molecule has 2 nitrogen and oxygen atoms in total. The summed E-state index contributed by atoms with van der Waals surface area (Å²) >= 11 is 0. The molecule has 0 bridgehead atoms. The van der Waals surface area contributed by atoms with Gasteiger partial charge < -0.3 is 10.6 Å². The molecule has 0 heterocycles. The van der Waals surface area contributed by atoms with E-state index in [2.05, 4.69) is 31.0 Å². The number of hydrogen-bond acceptors (Lipinski definition) is 2. The third-order valence-corrected chi connectivity index (χ3v) is 3.78. The molecule has 1 aromatic carbocycles. The molecule has 1 aromatic rings. The van der Waals surface area contributed by atoms with Crippen molar-refractivity contribution in [3.8, 4) is 0 Å². The second kappa shape index (κ2) is 5.54. The Hall–Kier alpha value is -1.02. The van der Waals surface area contributed by atoms with Crippen LogP contribution in [0.2, 0.25) is 0 Å². The van der Waals surface area contributed by atoms with Gasteiger partial charge in [-0.2, -0.15) is 0 Å². The van der Waals surface area contributed by atoms with Gasteiger partial charge in [0, 0.05) is 12.2 Å². The highest BCUT2D eigenvalue weighted by molar-refractivity contribution is 5.40. The first-order valence-corrected chi connectivity index (χ1v) is 6.68. The summed E-state index contributed by atoms with van der Waals surface area (Å²) in [5.41, 5.74) is 8.01. The lowest BCUT2D eigenvalue weighted by Crippen LogP contribution is -2.23. The first-order chi connectivity index (χ1) is 8.15. The Kier molecular flexibility index (Phi) is 4.06. The van der Waals surface area contributed by atoms with Crippen molar-refractivity contribution in [3.05, 3.63) is 29.8 Å². The maximum absolute atomic E-state index is 5.77. The van der Waals surface area contributed by atoms with Crippen molar-refractivity contribution in [3.63, 3.8) is 0 Å². The van der Waals surface area contributed by atoms with Gasteiger partial charge in [0.2, 0.25) is 0 Å².